The summed E-state index contributed by atoms with van der Waals surface area (Å²) in [4.78, 5) is 15.1. The van der Waals surface area contributed by atoms with Gasteiger partial charge in [-0.25, -0.2) is 14.3 Å². The number of furan rings is 1. The largest absolute Gasteiger partial charge is 0.476 e. The van der Waals surface area contributed by atoms with Crippen molar-refractivity contribution in [3.05, 3.63) is 41.6 Å². The van der Waals surface area contributed by atoms with Crippen molar-refractivity contribution in [2.24, 2.45) is 0 Å². The number of hydrogen-bond acceptors (Lipinski definition) is 4. The SMILES string of the molecule is Cc1cc(-c2ccnc3cc(C(=O)O)nn23)c(C)o1. The van der Waals surface area contributed by atoms with Crippen LogP contribution in [0, 0.1) is 13.8 Å². The Bertz CT molecular complexity index is 786. The Morgan fingerprint density at radius 1 is 1.37 bits per heavy atom. The van der Waals surface area contributed by atoms with Gasteiger partial charge in [0.15, 0.2) is 11.3 Å². The zero-order chi connectivity index (χ0) is 13.6. The highest BCUT2D eigenvalue weighted by atomic mass is 16.4. The van der Waals surface area contributed by atoms with Crippen molar-refractivity contribution >= 4 is 11.6 Å². The molecule has 0 aromatic carbocycles. The average Bonchev–Trinajstić information content (AvgIpc) is 2.92. The molecule has 0 fully saturated rings. The van der Waals surface area contributed by atoms with Gasteiger partial charge in [0.2, 0.25) is 0 Å². The number of fused-ring (bicyclic) bond motifs is 1. The lowest BCUT2D eigenvalue weighted by Gasteiger charge is -2.02. The molecule has 0 atom stereocenters. The van der Waals surface area contributed by atoms with Crippen LogP contribution in [0.5, 0.6) is 0 Å². The van der Waals surface area contributed by atoms with Crippen molar-refractivity contribution in [2.75, 3.05) is 0 Å². The van der Waals surface area contributed by atoms with Gasteiger partial charge in [0.05, 0.1) is 5.69 Å². The van der Waals surface area contributed by atoms with Gasteiger partial charge in [-0.3, -0.25) is 0 Å². The first-order valence-electron chi connectivity index (χ1n) is 5.72. The smallest absolute Gasteiger partial charge is 0.356 e. The quantitative estimate of drug-likeness (QED) is 0.761. The van der Waals surface area contributed by atoms with Gasteiger partial charge in [-0.2, -0.15) is 5.10 Å². The number of aromatic carboxylic acids is 1. The summed E-state index contributed by atoms with van der Waals surface area (Å²) in [6.45, 7) is 3.72. The third kappa shape index (κ3) is 1.77. The molecule has 0 bridgehead atoms. The molecule has 3 aromatic rings. The van der Waals surface area contributed by atoms with E-state index in [2.05, 4.69) is 10.1 Å². The van der Waals surface area contributed by atoms with Crippen molar-refractivity contribution in [1.29, 1.82) is 0 Å². The molecule has 19 heavy (non-hydrogen) atoms. The molecule has 6 heteroatoms. The third-order valence-corrected chi connectivity index (χ3v) is 2.89. The van der Waals surface area contributed by atoms with Crippen molar-refractivity contribution in [3.8, 4) is 11.3 Å². The number of carboxylic acid groups (broad SMARTS) is 1. The molecule has 0 spiro atoms. The lowest BCUT2D eigenvalue weighted by molar-refractivity contribution is 0.0690. The van der Waals surface area contributed by atoms with Gasteiger partial charge in [0, 0.05) is 17.8 Å². The summed E-state index contributed by atoms with van der Waals surface area (Å²) in [7, 11) is 0. The normalized spacial score (nSPS) is 11.1. The Balaban J connectivity index is 2.29. The minimum Gasteiger partial charge on any atom is -0.476 e. The number of aryl methyl sites for hydroxylation is 2. The van der Waals surface area contributed by atoms with Crippen LogP contribution in [0.1, 0.15) is 22.0 Å². The predicted octanol–water partition coefficient (Wildman–Crippen LogP) is 2.30. The van der Waals surface area contributed by atoms with E-state index in [1.807, 2.05) is 19.9 Å². The van der Waals surface area contributed by atoms with E-state index in [0.717, 1.165) is 22.8 Å². The van der Waals surface area contributed by atoms with Crippen LogP contribution >= 0.6 is 0 Å². The van der Waals surface area contributed by atoms with Gasteiger partial charge in [0.1, 0.15) is 11.5 Å². The molecular formula is C13H11N3O3. The first-order valence-corrected chi connectivity index (χ1v) is 5.72. The van der Waals surface area contributed by atoms with Crippen molar-refractivity contribution in [3.63, 3.8) is 0 Å². The molecule has 0 unspecified atom stereocenters. The predicted molar refractivity (Wildman–Crippen MR) is 67.1 cm³/mol. The maximum atomic E-state index is 11.0. The standard InChI is InChI=1S/C13H11N3O3/c1-7-5-9(8(2)19-7)11-3-4-14-12-6-10(13(17)18)15-16(11)12/h3-6H,1-2H3,(H,17,18). The van der Waals surface area contributed by atoms with Gasteiger partial charge in [-0.1, -0.05) is 0 Å². The molecular weight excluding hydrogens is 246 g/mol. The van der Waals surface area contributed by atoms with Gasteiger partial charge in [-0.15, -0.1) is 0 Å². The summed E-state index contributed by atoms with van der Waals surface area (Å²) in [6.07, 6.45) is 1.62. The van der Waals surface area contributed by atoms with E-state index in [9.17, 15) is 4.79 Å². The lowest BCUT2D eigenvalue weighted by atomic mass is 10.2. The second-order valence-corrected chi connectivity index (χ2v) is 4.26. The van der Waals surface area contributed by atoms with Crippen LogP contribution < -0.4 is 0 Å². The van der Waals surface area contributed by atoms with Crippen molar-refractivity contribution in [1.82, 2.24) is 14.6 Å². The molecule has 0 saturated carbocycles. The van der Waals surface area contributed by atoms with Crippen molar-refractivity contribution in [2.45, 2.75) is 13.8 Å². The molecule has 0 amide bonds. The van der Waals surface area contributed by atoms with Gasteiger partial charge < -0.3 is 9.52 Å². The van der Waals surface area contributed by atoms with Crippen LogP contribution in [0.3, 0.4) is 0 Å². The van der Waals surface area contributed by atoms with E-state index >= 15 is 0 Å². The zero-order valence-electron chi connectivity index (χ0n) is 10.4. The fourth-order valence-corrected chi connectivity index (χ4v) is 2.09. The number of carboxylic acids is 1. The van der Waals surface area contributed by atoms with E-state index in [0.29, 0.717) is 5.65 Å². The third-order valence-electron chi connectivity index (χ3n) is 2.89. The van der Waals surface area contributed by atoms with Gasteiger partial charge in [-0.05, 0) is 26.0 Å². The van der Waals surface area contributed by atoms with E-state index in [1.54, 1.807) is 12.3 Å². The van der Waals surface area contributed by atoms with E-state index in [1.165, 1.54) is 10.6 Å². The maximum Gasteiger partial charge on any atom is 0.356 e. The molecule has 3 heterocycles. The summed E-state index contributed by atoms with van der Waals surface area (Å²) in [5.41, 5.74) is 2.10. The lowest BCUT2D eigenvalue weighted by Crippen LogP contribution is -1.99. The topological polar surface area (TPSA) is 80.6 Å². The highest BCUT2D eigenvalue weighted by Gasteiger charge is 2.15. The number of rotatable bonds is 2. The summed E-state index contributed by atoms with van der Waals surface area (Å²) in [5, 5.41) is 13.0. The molecule has 3 aromatic heterocycles. The fourth-order valence-electron chi connectivity index (χ4n) is 2.09. The first-order chi connectivity index (χ1) is 9.06. The molecule has 0 saturated heterocycles. The zero-order valence-corrected chi connectivity index (χ0v) is 10.4. The molecule has 0 aliphatic heterocycles. The molecule has 0 aliphatic rings. The molecule has 96 valence electrons. The van der Waals surface area contributed by atoms with Crippen LogP contribution in [-0.2, 0) is 0 Å². The Morgan fingerprint density at radius 3 is 2.79 bits per heavy atom. The molecule has 3 rings (SSSR count). The molecule has 0 aliphatic carbocycles. The van der Waals surface area contributed by atoms with Gasteiger partial charge in [0.25, 0.3) is 0 Å². The molecule has 1 N–H and O–H groups in total. The Kier molecular flexibility index (Phi) is 2.38. The second kappa shape index (κ2) is 3.94. The van der Waals surface area contributed by atoms with Crippen LogP contribution in [-0.4, -0.2) is 25.7 Å². The number of carbonyl (C=O) groups is 1. The first kappa shape index (κ1) is 11.5. The molecule has 0 radical (unpaired) electrons. The number of aromatic nitrogens is 3. The summed E-state index contributed by atoms with van der Waals surface area (Å²) >= 11 is 0. The van der Waals surface area contributed by atoms with E-state index < -0.39 is 5.97 Å². The summed E-state index contributed by atoms with van der Waals surface area (Å²) < 4.78 is 7.01. The second-order valence-electron chi connectivity index (χ2n) is 4.26. The minimum absolute atomic E-state index is 0.0298. The Morgan fingerprint density at radius 2 is 2.16 bits per heavy atom. The van der Waals surface area contributed by atoms with Crippen LogP contribution in [0.15, 0.2) is 28.8 Å². The minimum atomic E-state index is -1.07. The highest BCUT2D eigenvalue weighted by molar-refractivity contribution is 5.87. The van der Waals surface area contributed by atoms with E-state index in [4.69, 9.17) is 9.52 Å². The average molecular weight is 257 g/mol. The monoisotopic (exact) mass is 257 g/mol. The summed E-state index contributed by atoms with van der Waals surface area (Å²) in [5.74, 6) is 0.483. The van der Waals surface area contributed by atoms with Gasteiger partial charge >= 0.3 is 5.97 Å². The van der Waals surface area contributed by atoms with Crippen molar-refractivity contribution < 1.29 is 14.3 Å². The van der Waals surface area contributed by atoms with Crippen LogP contribution in [0.2, 0.25) is 0 Å². The Labute approximate surface area is 108 Å². The Hall–Kier alpha value is -2.63. The summed E-state index contributed by atoms with van der Waals surface area (Å²) in [6, 6.07) is 5.11. The number of hydrogen-bond donors (Lipinski definition) is 1. The fraction of sp³-hybridized carbons (Fsp3) is 0.154. The van der Waals surface area contributed by atoms with E-state index in [-0.39, 0.29) is 5.69 Å². The van der Waals surface area contributed by atoms with Crippen LogP contribution in [0.4, 0.5) is 0 Å². The maximum absolute atomic E-state index is 11.0. The van der Waals surface area contributed by atoms with Crippen LogP contribution in [0.25, 0.3) is 16.9 Å². The number of nitrogens with zero attached hydrogens (tertiary/aromatic N) is 3. The molecule has 6 nitrogen and oxygen atoms in total. The highest BCUT2D eigenvalue weighted by Crippen LogP contribution is 2.26.